The Morgan fingerprint density at radius 3 is 2.35 bits per heavy atom. The topological polar surface area (TPSA) is 59.8 Å². The molecular weight excluding hydrogens is 426 g/mol. The van der Waals surface area contributed by atoms with Crippen molar-refractivity contribution in [2.75, 3.05) is 20.2 Å². The average Bonchev–Trinajstić information content (AvgIpc) is 3.13. The summed E-state index contributed by atoms with van der Waals surface area (Å²) in [5.74, 6) is 2.64. The standard InChI is InChI=1S/C28H37N3O3/c1-6-7-13-23(32)19-31(18-21(2)3)20-26-27(22-11-9-8-10-12-22)29-30(4)28(26)34-25-16-14-24(33-5)15-17-25/h6,8-12,14-17,21,23,32H,1,7,13,18-20H2,2-5H3/t23-/m1/s1. The first-order chi connectivity index (χ1) is 16.4. The quantitative estimate of drug-likeness (QED) is 0.331. The molecule has 0 radical (unpaired) electrons. The average molecular weight is 464 g/mol. The molecule has 0 aliphatic rings. The van der Waals surface area contributed by atoms with E-state index in [2.05, 4.69) is 37.5 Å². The molecule has 34 heavy (non-hydrogen) atoms. The summed E-state index contributed by atoms with van der Waals surface area (Å²) in [4.78, 5) is 2.29. The lowest BCUT2D eigenvalue weighted by molar-refractivity contribution is 0.0953. The van der Waals surface area contributed by atoms with Crippen LogP contribution >= 0.6 is 0 Å². The molecule has 1 atom stereocenters. The fourth-order valence-corrected chi connectivity index (χ4v) is 4.05. The molecule has 0 amide bonds. The highest BCUT2D eigenvalue weighted by molar-refractivity contribution is 5.65. The molecule has 0 saturated carbocycles. The first kappa shape index (κ1) is 25.5. The van der Waals surface area contributed by atoms with E-state index < -0.39 is 6.10 Å². The van der Waals surface area contributed by atoms with Crippen LogP contribution in [0.25, 0.3) is 11.3 Å². The second-order valence-corrected chi connectivity index (χ2v) is 9.01. The van der Waals surface area contributed by atoms with Crippen LogP contribution in [0.3, 0.4) is 0 Å². The molecule has 1 heterocycles. The van der Waals surface area contributed by atoms with E-state index in [1.807, 2.05) is 55.6 Å². The van der Waals surface area contributed by atoms with Crippen LogP contribution in [0.4, 0.5) is 0 Å². The van der Waals surface area contributed by atoms with Crippen molar-refractivity contribution in [1.29, 1.82) is 0 Å². The molecular formula is C28H37N3O3. The van der Waals surface area contributed by atoms with Gasteiger partial charge in [0.05, 0.1) is 18.8 Å². The lowest BCUT2D eigenvalue weighted by atomic mass is 10.1. The summed E-state index contributed by atoms with van der Waals surface area (Å²) in [5, 5.41) is 15.5. The third kappa shape index (κ3) is 6.95. The summed E-state index contributed by atoms with van der Waals surface area (Å²) in [5.41, 5.74) is 2.93. The predicted molar refractivity (Wildman–Crippen MR) is 137 cm³/mol. The van der Waals surface area contributed by atoms with Gasteiger partial charge in [0.2, 0.25) is 5.88 Å². The van der Waals surface area contributed by atoms with E-state index in [0.29, 0.717) is 37.1 Å². The second-order valence-electron chi connectivity index (χ2n) is 9.01. The third-order valence-corrected chi connectivity index (χ3v) is 5.59. The van der Waals surface area contributed by atoms with E-state index >= 15 is 0 Å². The van der Waals surface area contributed by atoms with E-state index in [0.717, 1.165) is 35.5 Å². The highest BCUT2D eigenvalue weighted by atomic mass is 16.5. The van der Waals surface area contributed by atoms with Crippen molar-refractivity contribution in [3.05, 3.63) is 72.8 Å². The molecule has 0 unspecified atom stereocenters. The smallest absolute Gasteiger partial charge is 0.222 e. The van der Waals surface area contributed by atoms with E-state index in [1.165, 1.54) is 0 Å². The predicted octanol–water partition coefficient (Wildman–Crippen LogP) is 5.67. The maximum Gasteiger partial charge on any atom is 0.222 e. The largest absolute Gasteiger partial charge is 0.497 e. The van der Waals surface area contributed by atoms with Gasteiger partial charge < -0.3 is 14.6 Å². The summed E-state index contributed by atoms with van der Waals surface area (Å²) in [7, 11) is 3.55. The molecule has 0 aliphatic carbocycles. The van der Waals surface area contributed by atoms with E-state index in [4.69, 9.17) is 14.6 Å². The lowest BCUT2D eigenvalue weighted by Crippen LogP contribution is -2.35. The van der Waals surface area contributed by atoms with Crippen molar-refractivity contribution in [1.82, 2.24) is 14.7 Å². The van der Waals surface area contributed by atoms with Crippen LogP contribution < -0.4 is 9.47 Å². The Labute approximate surface area is 203 Å². The van der Waals surface area contributed by atoms with Gasteiger partial charge in [-0.05, 0) is 43.0 Å². The summed E-state index contributed by atoms with van der Waals surface area (Å²) < 4.78 is 13.4. The molecule has 1 N–H and O–H groups in total. The Balaban J connectivity index is 1.97. The van der Waals surface area contributed by atoms with Crippen LogP contribution in [0.1, 0.15) is 32.3 Å². The number of aromatic nitrogens is 2. The fourth-order valence-electron chi connectivity index (χ4n) is 4.05. The van der Waals surface area contributed by atoms with Crippen molar-refractivity contribution in [3.8, 4) is 28.6 Å². The number of rotatable bonds is 13. The molecule has 0 bridgehead atoms. The Kier molecular flexibility index (Phi) is 9.31. The van der Waals surface area contributed by atoms with Gasteiger partial charge in [-0.3, -0.25) is 4.90 Å². The highest BCUT2D eigenvalue weighted by Gasteiger charge is 2.23. The van der Waals surface area contributed by atoms with Gasteiger partial charge in [-0.15, -0.1) is 6.58 Å². The first-order valence-corrected chi connectivity index (χ1v) is 11.9. The van der Waals surface area contributed by atoms with Crippen LogP contribution in [-0.2, 0) is 13.6 Å². The summed E-state index contributed by atoms with van der Waals surface area (Å²) >= 11 is 0. The van der Waals surface area contributed by atoms with E-state index in [-0.39, 0.29) is 0 Å². The third-order valence-electron chi connectivity index (χ3n) is 5.59. The van der Waals surface area contributed by atoms with Gasteiger partial charge in [-0.25, -0.2) is 4.68 Å². The van der Waals surface area contributed by atoms with E-state index in [9.17, 15) is 5.11 Å². The minimum atomic E-state index is -0.417. The second kappa shape index (κ2) is 12.4. The molecule has 2 aromatic carbocycles. The summed E-state index contributed by atoms with van der Waals surface area (Å²) in [6.45, 7) is 10.2. The number of nitrogens with zero attached hydrogens (tertiary/aromatic N) is 3. The number of hydrogen-bond donors (Lipinski definition) is 1. The zero-order valence-corrected chi connectivity index (χ0v) is 20.8. The highest BCUT2D eigenvalue weighted by Crippen LogP contribution is 2.34. The number of allylic oxidation sites excluding steroid dienone is 1. The minimum absolute atomic E-state index is 0.417. The molecule has 3 rings (SSSR count). The monoisotopic (exact) mass is 463 g/mol. The Hall–Kier alpha value is -3.09. The zero-order valence-electron chi connectivity index (χ0n) is 20.8. The Morgan fingerprint density at radius 2 is 1.74 bits per heavy atom. The summed E-state index contributed by atoms with van der Waals surface area (Å²) in [6.07, 6.45) is 2.93. The van der Waals surface area contributed by atoms with Gasteiger partial charge in [0.25, 0.3) is 0 Å². The first-order valence-electron chi connectivity index (χ1n) is 11.9. The fraction of sp³-hybridized carbons (Fsp3) is 0.393. The van der Waals surface area contributed by atoms with Gasteiger partial charge in [0.15, 0.2) is 0 Å². The Bertz CT molecular complexity index is 1030. The molecule has 0 saturated heterocycles. The molecule has 0 aliphatic heterocycles. The number of aryl methyl sites for hydroxylation is 1. The van der Waals surface area contributed by atoms with Gasteiger partial charge in [-0.2, -0.15) is 5.10 Å². The molecule has 182 valence electrons. The maximum absolute atomic E-state index is 10.6. The van der Waals surface area contributed by atoms with Gasteiger partial charge >= 0.3 is 0 Å². The Morgan fingerprint density at radius 1 is 1.06 bits per heavy atom. The van der Waals surface area contributed by atoms with Crippen LogP contribution in [0.15, 0.2) is 67.3 Å². The zero-order chi connectivity index (χ0) is 24.5. The maximum atomic E-state index is 10.6. The SMILES string of the molecule is C=CCC[C@@H](O)CN(Cc1c(-c2ccccc2)nn(C)c1Oc1ccc(OC)cc1)CC(C)C. The molecule has 6 heteroatoms. The number of ether oxygens (including phenoxy) is 2. The number of hydrogen-bond acceptors (Lipinski definition) is 5. The number of aliphatic hydroxyl groups excluding tert-OH is 1. The van der Waals surface area contributed by atoms with Gasteiger partial charge in [0.1, 0.15) is 17.2 Å². The number of methoxy groups -OCH3 is 1. The van der Waals surface area contributed by atoms with Gasteiger partial charge in [-0.1, -0.05) is 50.3 Å². The van der Waals surface area contributed by atoms with Crippen LogP contribution in [0.2, 0.25) is 0 Å². The number of benzene rings is 2. The van der Waals surface area contributed by atoms with E-state index in [1.54, 1.807) is 11.8 Å². The van der Waals surface area contributed by atoms with Crippen molar-refractivity contribution in [2.24, 2.45) is 13.0 Å². The summed E-state index contributed by atoms with van der Waals surface area (Å²) in [6, 6.07) is 17.7. The van der Waals surface area contributed by atoms with Crippen LogP contribution in [0, 0.1) is 5.92 Å². The molecule has 1 aromatic heterocycles. The normalized spacial score (nSPS) is 12.2. The molecule has 3 aromatic rings. The van der Waals surface area contributed by atoms with Crippen molar-refractivity contribution in [3.63, 3.8) is 0 Å². The van der Waals surface area contributed by atoms with Crippen molar-refractivity contribution in [2.45, 2.75) is 39.3 Å². The molecule has 6 nitrogen and oxygen atoms in total. The molecule has 0 fully saturated rings. The van der Waals surface area contributed by atoms with Gasteiger partial charge in [0, 0.05) is 32.2 Å². The molecule has 0 spiro atoms. The number of aliphatic hydroxyl groups is 1. The van der Waals surface area contributed by atoms with Crippen LogP contribution in [0.5, 0.6) is 17.4 Å². The van der Waals surface area contributed by atoms with Crippen molar-refractivity contribution < 1.29 is 14.6 Å². The lowest BCUT2D eigenvalue weighted by Gasteiger charge is -2.27. The van der Waals surface area contributed by atoms with Crippen LogP contribution in [-0.4, -0.2) is 46.1 Å². The minimum Gasteiger partial charge on any atom is -0.497 e. The van der Waals surface area contributed by atoms with Crippen molar-refractivity contribution >= 4 is 0 Å².